The van der Waals surface area contributed by atoms with E-state index in [2.05, 4.69) is 5.32 Å². The number of hydrogen-bond acceptors (Lipinski definition) is 4. The zero-order chi connectivity index (χ0) is 15.5. The lowest BCUT2D eigenvalue weighted by Crippen LogP contribution is -2.36. The summed E-state index contributed by atoms with van der Waals surface area (Å²) in [4.78, 5) is 12.0. The molecular formula is C16H23NO4. The lowest BCUT2D eigenvalue weighted by atomic mass is 9.99. The molecule has 21 heavy (non-hydrogen) atoms. The standard InChI is InChI=1S/C16H23NO4/c1-16(2,3)21-15(19)17-12(9-13(18)14-10-20-14)11-7-5-4-6-8-11/h4-8,12-14,18H,9-10H2,1-3H3,(H,17,19)/t12?,13-,14?/m1/s1. The Morgan fingerprint density at radius 2 is 2.05 bits per heavy atom. The maximum absolute atomic E-state index is 12.0. The van der Waals surface area contributed by atoms with Crippen molar-refractivity contribution in [1.82, 2.24) is 5.32 Å². The van der Waals surface area contributed by atoms with Crippen LogP contribution in [-0.2, 0) is 9.47 Å². The number of hydrogen-bond donors (Lipinski definition) is 2. The van der Waals surface area contributed by atoms with Crippen molar-refractivity contribution < 1.29 is 19.4 Å². The molecule has 2 N–H and O–H groups in total. The maximum atomic E-state index is 12.0. The average molecular weight is 293 g/mol. The topological polar surface area (TPSA) is 71.1 Å². The van der Waals surface area contributed by atoms with Crippen LogP contribution in [0.5, 0.6) is 0 Å². The van der Waals surface area contributed by atoms with Crippen molar-refractivity contribution in [3.63, 3.8) is 0 Å². The molecule has 5 heteroatoms. The molecule has 1 heterocycles. The summed E-state index contributed by atoms with van der Waals surface area (Å²) in [5.74, 6) is 0. The molecule has 1 saturated heterocycles. The molecule has 2 unspecified atom stereocenters. The van der Waals surface area contributed by atoms with Crippen LogP contribution in [0.15, 0.2) is 30.3 Å². The molecule has 5 nitrogen and oxygen atoms in total. The van der Waals surface area contributed by atoms with E-state index < -0.39 is 17.8 Å². The Hall–Kier alpha value is -1.59. The molecule has 0 bridgehead atoms. The fourth-order valence-electron chi connectivity index (χ4n) is 2.08. The minimum atomic E-state index is -0.592. The van der Waals surface area contributed by atoms with E-state index in [1.807, 2.05) is 51.1 Å². The lowest BCUT2D eigenvalue weighted by molar-refractivity contribution is 0.0472. The highest BCUT2D eigenvalue weighted by atomic mass is 16.6. The number of epoxide rings is 1. The minimum absolute atomic E-state index is 0.114. The quantitative estimate of drug-likeness (QED) is 0.818. The molecule has 1 aliphatic heterocycles. The fraction of sp³-hybridized carbons (Fsp3) is 0.562. The predicted molar refractivity (Wildman–Crippen MR) is 78.9 cm³/mol. The van der Waals surface area contributed by atoms with E-state index in [-0.39, 0.29) is 12.1 Å². The number of carbonyl (C=O) groups excluding carboxylic acids is 1. The summed E-state index contributed by atoms with van der Waals surface area (Å²) < 4.78 is 10.4. The van der Waals surface area contributed by atoms with Crippen LogP contribution < -0.4 is 5.32 Å². The van der Waals surface area contributed by atoms with E-state index in [9.17, 15) is 9.90 Å². The first-order chi connectivity index (χ1) is 9.85. The van der Waals surface area contributed by atoms with E-state index in [0.29, 0.717) is 13.0 Å². The van der Waals surface area contributed by atoms with Crippen molar-refractivity contribution in [2.45, 2.75) is 51.0 Å². The highest BCUT2D eigenvalue weighted by Gasteiger charge is 2.34. The van der Waals surface area contributed by atoms with Gasteiger partial charge in [0.15, 0.2) is 0 Å². The van der Waals surface area contributed by atoms with Gasteiger partial charge in [-0.15, -0.1) is 0 Å². The van der Waals surface area contributed by atoms with Crippen molar-refractivity contribution in [3.8, 4) is 0 Å². The van der Waals surface area contributed by atoms with Gasteiger partial charge in [0.05, 0.1) is 18.8 Å². The first-order valence-electron chi connectivity index (χ1n) is 7.19. The van der Waals surface area contributed by atoms with Gasteiger partial charge >= 0.3 is 6.09 Å². The third kappa shape index (κ3) is 5.36. The van der Waals surface area contributed by atoms with E-state index in [4.69, 9.17) is 9.47 Å². The van der Waals surface area contributed by atoms with Gasteiger partial charge in [0.25, 0.3) is 0 Å². The van der Waals surface area contributed by atoms with Gasteiger partial charge in [0.2, 0.25) is 0 Å². The van der Waals surface area contributed by atoms with E-state index >= 15 is 0 Å². The Morgan fingerprint density at radius 1 is 1.43 bits per heavy atom. The molecule has 1 aromatic rings. The fourth-order valence-corrected chi connectivity index (χ4v) is 2.08. The average Bonchev–Trinajstić information content (AvgIpc) is 3.21. The van der Waals surface area contributed by atoms with Crippen LogP contribution in [-0.4, -0.2) is 35.6 Å². The van der Waals surface area contributed by atoms with Crippen molar-refractivity contribution in [2.75, 3.05) is 6.61 Å². The molecule has 0 saturated carbocycles. The molecule has 1 fully saturated rings. The smallest absolute Gasteiger partial charge is 0.408 e. The van der Waals surface area contributed by atoms with Gasteiger partial charge in [-0.25, -0.2) is 4.79 Å². The SMILES string of the molecule is CC(C)(C)OC(=O)NC(C[C@@H](O)C1CO1)c1ccccc1. The second-order valence-electron chi connectivity index (χ2n) is 6.28. The molecule has 0 aliphatic carbocycles. The highest BCUT2D eigenvalue weighted by Crippen LogP contribution is 2.25. The number of alkyl carbamates (subject to hydrolysis) is 1. The minimum Gasteiger partial charge on any atom is -0.444 e. The molecule has 1 aliphatic rings. The van der Waals surface area contributed by atoms with Crippen molar-refractivity contribution in [2.24, 2.45) is 0 Å². The number of aliphatic hydroxyl groups is 1. The molecule has 0 spiro atoms. The molecule has 116 valence electrons. The maximum Gasteiger partial charge on any atom is 0.408 e. The van der Waals surface area contributed by atoms with Gasteiger partial charge in [0, 0.05) is 6.42 Å². The Morgan fingerprint density at radius 3 is 2.57 bits per heavy atom. The van der Waals surface area contributed by atoms with Crippen LogP contribution in [0.25, 0.3) is 0 Å². The van der Waals surface area contributed by atoms with Crippen LogP contribution in [0.4, 0.5) is 4.79 Å². The summed E-state index contributed by atoms with van der Waals surface area (Å²) in [5.41, 5.74) is 0.381. The summed E-state index contributed by atoms with van der Waals surface area (Å²) >= 11 is 0. The predicted octanol–water partition coefficient (Wildman–Crippen LogP) is 2.40. The second kappa shape index (κ2) is 6.45. The zero-order valence-electron chi connectivity index (χ0n) is 12.7. The van der Waals surface area contributed by atoms with Gasteiger partial charge in [-0.1, -0.05) is 30.3 Å². The van der Waals surface area contributed by atoms with Gasteiger partial charge < -0.3 is 19.9 Å². The van der Waals surface area contributed by atoms with Crippen molar-refractivity contribution >= 4 is 6.09 Å². The Bertz CT molecular complexity index is 465. The van der Waals surface area contributed by atoms with E-state index in [0.717, 1.165) is 5.56 Å². The Balaban J connectivity index is 2.02. The molecule has 3 atom stereocenters. The summed E-state index contributed by atoms with van der Waals surface area (Å²) in [6, 6.07) is 9.25. The highest BCUT2D eigenvalue weighted by molar-refractivity contribution is 5.68. The zero-order valence-corrected chi connectivity index (χ0v) is 12.7. The molecule has 0 aromatic heterocycles. The van der Waals surface area contributed by atoms with Crippen LogP contribution in [0, 0.1) is 0 Å². The van der Waals surface area contributed by atoms with Crippen LogP contribution in [0.3, 0.4) is 0 Å². The van der Waals surface area contributed by atoms with E-state index in [1.54, 1.807) is 0 Å². The molecule has 0 radical (unpaired) electrons. The number of aliphatic hydroxyl groups excluding tert-OH is 1. The number of amides is 1. The van der Waals surface area contributed by atoms with Gasteiger partial charge in [0.1, 0.15) is 11.7 Å². The third-order valence-corrected chi connectivity index (χ3v) is 3.16. The van der Waals surface area contributed by atoms with Crippen molar-refractivity contribution in [1.29, 1.82) is 0 Å². The number of ether oxygens (including phenoxy) is 2. The summed E-state index contributed by atoms with van der Waals surface area (Å²) in [6.07, 6.45) is -0.796. The third-order valence-electron chi connectivity index (χ3n) is 3.16. The summed E-state index contributed by atoms with van der Waals surface area (Å²) in [5, 5.41) is 12.9. The molecule has 2 rings (SSSR count). The van der Waals surface area contributed by atoms with Gasteiger partial charge in [-0.05, 0) is 26.3 Å². The summed E-state index contributed by atoms with van der Waals surface area (Å²) in [6.45, 7) is 6.03. The largest absolute Gasteiger partial charge is 0.444 e. The number of carbonyl (C=O) groups is 1. The van der Waals surface area contributed by atoms with Gasteiger partial charge in [-0.2, -0.15) is 0 Å². The lowest BCUT2D eigenvalue weighted by Gasteiger charge is -2.25. The number of rotatable bonds is 5. The van der Waals surface area contributed by atoms with Crippen LogP contribution in [0.1, 0.15) is 38.8 Å². The molecule has 1 amide bonds. The van der Waals surface area contributed by atoms with Gasteiger partial charge in [-0.3, -0.25) is 0 Å². The Labute approximate surface area is 125 Å². The number of benzene rings is 1. The van der Waals surface area contributed by atoms with E-state index in [1.165, 1.54) is 0 Å². The van der Waals surface area contributed by atoms with Crippen LogP contribution in [0.2, 0.25) is 0 Å². The first kappa shape index (κ1) is 15.8. The number of nitrogens with one attached hydrogen (secondary N) is 1. The molecular weight excluding hydrogens is 270 g/mol. The second-order valence-corrected chi connectivity index (χ2v) is 6.28. The monoisotopic (exact) mass is 293 g/mol. The van der Waals surface area contributed by atoms with Crippen molar-refractivity contribution in [3.05, 3.63) is 35.9 Å². The normalized spacial score (nSPS) is 20.5. The summed E-state index contributed by atoms with van der Waals surface area (Å²) in [7, 11) is 0. The van der Waals surface area contributed by atoms with Crippen LogP contribution >= 0.6 is 0 Å². The first-order valence-corrected chi connectivity index (χ1v) is 7.19. The molecule has 1 aromatic carbocycles. The Kier molecular flexibility index (Phi) is 4.85.